The van der Waals surface area contributed by atoms with Crippen LogP contribution in [0.15, 0.2) is 18.2 Å². The second kappa shape index (κ2) is 6.59. The molecule has 2 amide bonds. The first-order valence-corrected chi connectivity index (χ1v) is 8.52. The number of carbonyl (C=O) groups excluding carboxylic acids is 1. The number of hydrogen-bond acceptors (Lipinski definition) is 2. The molecule has 0 unspecified atom stereocenters. The van der Waals surface area contributed by atoms with E-state index in [9.17, 15) is 4.79 Å². The molecular formula is C18H27N3O. The van der Waals surface area contributed by atoms with Gasteiger partial charge in [0.25, 0.3) is 0 Å². The fourth-order valence-corrected chi connectivity index (χ4v) is 3.77. The minimum Gasteiger partial charge on any atom is -0.368 e. The van der Waals surface area contributed by atoms with Crippen molar-refractivity contribution in [3.05, 3.63) is 29.3 Å². The van der Waals surface area contributed by atoms with Gasteiger partial charge >= 0.3 is 6.03 Å². The molecule has 2 aliphatic rings. The van der Waals surface area contributed by atoms with Crippen molar-refractivity contribution in [1.29, 1.82) is 0 Å². The Labute approximate surface area is 133 Å². The third kappa shape index (κ3) is 3.21. The van der Waals surface area contributed by atoms with Gasteiger partial charge in [0.15, 0.2) is 0 Å². The highest BCUT2D eigenvalue weighted by atomic mass is 16.2. The van der Waals surface area contributed by atoms with E-state index in [2.05, 4.69) is 42.3 Å². The van der Waals surface area contributed by atoms with Crippen LogP contribution in [-0.4, -0.2) is 43.2 Å². The van der Waals surface area contributed by atoms with Crippen LogP contribution in [0.2, 0.25) is 0 Å². The number of carbonyl (C=O) groups is 1. The van der Waals surface area contributed by atoms with Crippen LogP contribution in [0.4, 0.5) is 10.5 Å². The van der Waals surface area contributed by atoms with Crippen LogP contribution in [0.1, 0.15) is 36.8 Å². The number of hydrogen-bond donors (Lipinski definition) is 1. The van der Waals surface area contributed by atoms with E-state index < -0.39 is 0 Å². The Balaban J connectivity index is 1.57. The maximum Gasteiger partial charge on any atom is 0.317 e. The summed E-state index contributed by atoms with van der Waals surface area (Å²) in [5.74, 6) is 0. The van der Waals surface area contributed by atoms with Gasteiger partial charge in [-0.3, -0.25) is 0 Å². The summed E-state index contributed by atoms with van der Waals surface area (Å²) >= 11 is 0. The van der Waals surface area contributed by atoms with E-state index in [-0.39, 0.29) is 6.03 Å². The van der Waals surface area contributed by atoms with Gasteiger partial charge < -0.3 is 15.1 Å². The number of nitrogens with zero attached hydrogens (tertiary/aromatic N) is 2. The number of urea groups is 1. The second-order valence-corrected chi connectivity index (χ2v) is 6.65. The third-order valence-corrected chi connectivity index (χ3v) is 5.01. The minimum absolute atomic E-state index is 0.132. The number of anilines is 1. The summed E-state index contributed by atoms with van der Waals surface area (Å²) in [5.41, 5.74) is 3.99. The number of para-hydroxylation sites is 1. The van der Waals surface area contributed by atoms with Crippen LogP contribution >= 0.6 is 0 Å². The molecule has 1 aliphatic heterocycles. The van der Waals surface area contributed by atoms with E-state index in [1.165, 1.54) is 29.7 Å². The smallest absolute Gasteiger partial charge is 0.317 e. The first-order valence-electron chi connectivity index (χ1n) is 8.52. The monoisotopic (exact) mass is 301 g/mol. The van der Waals surface area contributed by atoms with E-state index >= 15 is 0 Å². The number of nitrogens with one attached hydrogen (secondary N) is 1. The molecule has 1 aliphatic carbocycles. The van der Waals surface area contributed by atoms with Gasteiger partial charge in [-0.1, -0.05) is 31.0 Å². The Morgan fingerprint density at radius 3 is 2.23 bits per heavy atom. The summed E-state index contributed by atoms with van der Waals surface area (Å²) < 4.78 is 0. The Bertz CT molecular complexity index is 509. The molecule has 4 nitrogen and oxygen atoms in total. The van der Waals surface area contributed by atoms with Crippen LogP contribution < -0.4 is 10.2 Å². The van der Waals surface area contributed by atoms with Gasteiger partial charge in [-0.2, -0.15) is 0 Å². The lowest BCUT2D eigenvalue weighted by Gasteiger charge is -2.37. The lowest BCUT2D eigenvalue weighted by Crippen LogP contribution is -2.53. The zero-order valence-corrected chi connectivity index (χ0v) is 13.8. The molecule has 3 rings (SSSR count). The van der Waals surface area contributed by atoms with Crippen molar-refractivity contribution in [2.75, 3.05) is 31.1 Å². The summed E-state index contributed by atoms with van der Waals surface area (Å²) in [5, 5.41) is 3.19. The molecule has 1 aromatic rings. The standard InChI is InChI=1S/C18H27N3O/c1-14-6-5-7-15(2)17(14)20-10-12-21(13-11-20)18(22)19-16-8-3-4-9-16/h5-7,16H,3-4,8-13H2,1-2H3,(H,19,22). The van der Waals surface area contributed by atoms with Gasteiger partial charge in [0.1, 0.15) is 0 Å². The molecular weight excluding hydrogens is 274 g/mol. The highest BCUT2D eigenvalue weighted by Gasteiger charge is 2.25. The zero-order valence-electron chi connectivity index (χ0n) is 13.8. The van der Waals surface area contributed by atoms with E-state index in [4.69, 9.17) is 0 Å². The van der Waals surface area contributed by atoms with Crippen LogP contribution in [0.3, 0.4) is 0 Å². The summed E-state index contributed by atoms with van der Waals surface area (Å²) in [6, 6.07) is 6.99. The molecule has 0 atom stereocenters. The molecule has 0 radical (unpaired) electrons. The molecule has 1 heterocycles. The van der Waals surface area contributed by atoms with Gasteiger partial charge in [-0.05, 0) is 37.8 Å². The number of benzene rings is 1. The van der Waals surface area contributed by atoms with E-state index in [0.29, 0.717) is 6.04 Å². The number of amides is 2. The van der Waals surface area contributed by atoms with Gasteiger partial charge in [0.05, 0.1) is 0 Å². The molecule has 2 fully saturated rings. The number of rotatable bonds is 2. The van der Waals surface area contributed by atoms with Crippen LogP contribution in [0, 0.1) is 13.8 Å². The first kappa shape index (κ1) is 15.2. The third-order valence-electron chi connectivity index (χ3n) is 5.01. The molecule has 120 valence electrons. The molecule has 0 spiro atoms. The Morgan fingerprint density at radius 1 is 1.05 bits per heavy atom. The van der Waals surface area contributed by atoms with Crippen LogP contribution in [0.25, 0.3) is 0 Å². The molecule has 1 saturated heterocycles. The van der Waals surface area contributed by atoms with Crippen molar-refractivity contribution in [3.8, 4) is 0 Å². The second-order valence-electron chi connectivity index (χ2n) is 6.65. The number of aryl methyl sites for hydroxylation is 2. The van der Waals surface area contributed by atoms with Crippen molar-refractivity contribution in [1.82, 2.24) is 10.2 Å². The Hall–Kier alpha value is -1.71. The zero-order chi connectivity index (χ0) is 15.5. The highest BCUT2D eigenvalue weighted by molar-refractivity contribution is 5.75. The average molecular weight is 301 g/mol. The molecule has 1 aromatic carbocycles. The van der Waals surface area contributed by atoms with Gasteiger partial charge in [0.2, 0.25) is 0 Å². The molecule has 4 heteroatoms. The summed E-state index contributed by atoms with van der Waals surface area (Å²) in [7, 11) is 0. The fraction of sp³-hybridized carbons (Fsp3) is 0.611. The van der Waals surface area contributed by atoms with Gasteiger partial charge in [0, 0.05) is 37.9 Å². The normalized spacial score (nSPS) is 19.5. The molecule has 0 aromatic heterocycles. The topological polar surface area (TPSA) is 35.6 Å². The molecule has 22 heavy (non-hydrogen) atoms. The van der Waals surface area contributed by atoms with Gasteiger partial charge in [-0.15, -0.1) is 0 Å². The molecule has 1 saturated carbocycles. The van der Waals surface area contributed by atoms with E-state index in [1.54, 1.807) is 0 Å². The van der Waals surface area contributed by atoms with Crippen LogP contribution in [-0.2, 0) is 0 Å². The molecule has 1 N–H and O–H groups in total. The first-order chi connectivity index (χ1) is 10.6. The molecule has 0 bridgehead atoms. The maximum atomic E-state index is 12.3. The van der Waals surface area contributed by atoms with Crippen molar-refractivity contribution in [3.63, 3.8) is 0 Å². The summed E-state index contributed by atoms with van der Waals surface area (Å²) in [6.07, 6.45) is 4.80. The van der Waals surface area contributed by atoms with Gasteiger partial charge in [-0.25, -0.2) is 4.79 Å². The van der Waals surface area contributed by atoms with Crippen molar-refractivity contribution >= 4 is 11.7 Å². The SMILES string of the molecule is Cc1cccc(C)c1N1CCN(C(=O)NC2CCCC2)CC1. The summed E-state index contributed by atoms with van der Waals surface area (Å²) in [6.45, 7) is 7.80. The predicted octanol–water partition coefficient (Wildman–Crippen LogP) is 3.08. The van der Waals surface area contributed by atoms with Crippen LogP contribution in [0.5, 0.6) is 0 Å². The van der Waals surface area contributed by atoms with Crippen molar-refractivity contribution < 1.29 is 4.79 Å². The Kier molecular flexibility index (Phi) is 4.55. The Morgan fingerprint density at radius 2 is 1.64 bits per heavy atom. The van der Waals surface area contributed by atoms with Crippen molar-refractivity contribution in [2.24, 2.45) is 0 Å². The largest absolute Gasteiger partial charge is 0.368 e. The minimum atomic E-state index is 0.132. The lowest BCUT2D eigenvalue weighted by atomic mass is 10.1. The highest BCUT2D eigenvalue weighted by Crippen LogP contribution is 2.25. The lowest BCUT2D eigenvalue weighted by molar-refractivity contribution is 0.190. The van der Waals surface area contributed by atoms with Crippen molar-refractivity contribution in [2.45, 2.75) is 45.6 Å². The van der Waals surface area contributed by atoms with E-state index in [0.717, 1.165) is 39.0 Å². The maximum absolute atomic E-state index is 12.3. The fourth-order valence-electron chi connectivity index (χ4n) is 3.77. The average Bonchev–Trinajstić information content (AvgIpc) is 3.00. The quantitative estimate of drug-likeness (QED) is 0.911. The predicted molar refractivity (Wildman–Crippen MR) is 90.5 cm³/mol. The summed E-state index contributed by atoms with van der Waals surface area (Å²) in [4.78, 5) is 16.7. The number of piperazine rings is 1. The van der Waals surface area contributed by atoms with E-state index in [1.807, 2.05) is 4.90 Å².